The Hall–Kier alpha value is -0.500. The first-order chi connectivity index (χ1) is 6.27. The summed E-state index contributed by atoms with van der Waals surface area (Å²) in [5.74, 6) is 0.777. The Balaban J connectivity index is 2.35. The summed E-state index contributed by atoms with van der Waals surface area (Å²) >= 11 is 3.60. The van der Waals surface area contributed by atoms with Gasteiger partial charge in [-0.05, 0) is 36.5 Å². The molecule has 1 atom stereocenters. The molecule has 2 heteroatoms. The summed E-state index contributed by atoms with van der Waals surface area (Å²) in [4.78, 5) is 0. The second-order valence-corrected chi connectivity index (χ2v) is 4.65. The Kier molecular flexibility index (Phi) is 2.58. The Morgan fingerprint density at radius 3 is 3.15 bits per heavy atom. The van der Waals surface area contributed by atoms with Crippen LogP contribution in [0, 0.1) is 5.92 Å². The van der Waals surface area contributed by atoms with Crippen molar-refractivity contribution in [2.75, 3.05) is 11.9 Å². The van der Waals surface area contributed by atoms with Gasteiger partial charge in [-0.15, -0.1) is 0 Å². The summed E-state index contributed by atoms with van der Waals surface area (Å²) in [5, 5.41) is 3.49. The van der Waals surface area contributed by atoms with Crippen molar-refractivity contribution in [3.8, 4) is 0 Å². The lowest BCUT2D eigenvalue weighted by atomic mass is 10.0. The SMILES string of the molecule is CC1CCc2c(Br)cccc2NC1. The topological polar surface area (TPSA) is 12.0 Å². The van der Waals surface area contributed by atoms with E-state index < -0.39 is 0 Å². The van der Waals surface area contributed by atoms with Crippen LogP contribution in [0.1, 0.15) is 18.9 Å². The van der Waals surface area contributed by atoms with Crippen molar-refractivity contribution in [3.63, 3.8) is 0 Å². The van der Waals surface area contributed by atoms with E-state index in [4.69, 9.17) is 0 Å². The van der Waals surface area contributed by atoms with E-state index in [2.05, 4.69) is 46.4 Å². The lowest BCUT2D eigenvalue weighted by Crippen LogP contribution is -2.08. The van der Waals surface area contributed by atoms with Crippen LogP contribution < -0.4 is 5.32 Å². The molecule has 0 aliphatic carbocycles. The van der Waals surface area contributed by atoms with Crippen molar-refractivity contribution in [1.29, 1.82) is 0 Å². The van der Waals surface area contributed by atoms with E-state index in [0.29, 0.717) is 0 Å². The molecule has 0 fully saturated rings. The predicted molar refractivity (Wildman–Crippen MR) is 60.1 cm³/mol. The maximum Gasteiger partial charge on any atom is 0.0384 e. The molecular formula is C11H14BrN. The van der Waals surface area contributed by atoms with E-state index in [1.54, 1.807) is 0 Å². The second-order valence-electron chi connectivity index (χ2n) is 3.79. The fraction of sp³-hybridized carbons (Fsp3) is 0.455. The quantitative estimate of drug-likeness (QED) is 0.732. The molecule has 1 aliphatic rings. The summed E-state index contributed by atoms with van der Waals surface area (Å²) in [6, 6.07) is 6.38. The highest BCUT2D eigenvalue weighted by Gasteiger charge is 2.13. The first-order valence-electron chi connectivity index (χ1n) is 4.78. The molecule has 0 amide bonds. The third-order valence-electron chi connectivity index (χ3n) is 2.65. The normalized spacial score (nSPS) is 21.5. The van der Waals surface area contributed by atoms with Gasteiger partial charge in [-0.1, -0.05) is 28.9 Å². The summed E-state index contributed by atoms with van der Waals surface area (Å²) in [6.45, 7) is 3.40. The predicted octanol–water partition coefficient (Wildman–Crippen LogP) is 3.44. The summed E-state index contributed by atoms with van der Waals surface area (Å²) in [6.07, 6.45) is 2.47. The van der Waals surface area contributed by atoms with Gasteiger partial charge in [0.05, 0.1) is 0 Å². The molecule has 1 nitrogen and oxygen atoms in total. The Labute approximate surface area is 87.7 Å². The summed E-state index contributed by atoms with van der Waals surface area (Å²) < 4.78 is 1.24. The van der Waals surface area contributed by atoms with Crippen LogP contribution in [0.25, 0.3) is 0 Å². The lowest BCUT2D eigenvalue weighted by molar-refractivity contribution is 0.571. The fourth-order valence-corrected chi connectivity index (χ4v) is 2.32. The van der Waals surface area contributed by atoms with Crippen LogP contribution in [0.2, 0.25) is 0 Å². The molecular weight excluding hydrogens is 226 g/mol. The van der Waals surface area contributed by atoms with E-state index in [1.165, 1.54) is 28.6 Å². The minimum atomic E-state index is 0.777. The molecule has 2 rings (SSSR count). The fourth-order valence-electron chi connectivity index (χ4n) is 1.76. The maximum absolute atomic E-state index is 3.60. The van der Waals surface area contributed by atoms with Crippen molar-refractivity contribution in [3.05, 3.63) is 28.2 Å². The number of hydrogen-bond donors (Lipinski definition) is 1. The molecule has 13 heavy (non-hydrogen) atoms. The van der Waals surface area contributed by atoms with Crippen LogP contribution in [0.3, 0.4) is 0 Å². The van der Waals surface area contributed by atoms with E-state index in [1.807, 2.05) is 0 Å². The molecule has 1 unspecified atom stereocenters. The van der Waals surface area contributed by atoms with Gasteiger partial charge >= 0.3 is 0 Å². The molecule has 0 saturated heterocycles. The third-order valence-corrected chi connectivity index (χ3v) is 3.39. The molecule has 0 saturated carbocycles. The van der Waals surface area contributed by atoms with Gasteiger partial charge in [0.25, 0.3) is 0 Å². The molecule has 0 radical (unpaired) electrons. The van der Waals surface area contributed by atoms with Crippen molar-refractivity contribution in [2.24, 2.45) is 5.92 Å². The number of hydrogen-bond acceptors (Lipinski definition) is 1. The average molecular weight is 240 g/mol. The molecule has 0 spiro atoms. The van der Waals surface area contributed by atoms with Gasteiger partial charge in [0.15, 0.2) is 0 Å². The van der Waals surface area contributed by atoms with Crippen molar-refractivity contribution in [1.82, 2.24) is 0 Å². The van der Waals surface area contributed by atoms with E-state index in [-0.39, 0.29) is 0 Å². The molecule has 70 valence electrons. The van der Waals surface area contributed by atoms with Crippen LogP contribution >= 0.6 is 15.9 Å². The first-order valence-corrected chi connectivity index (χ1v) is 5.58. The number of fused-ring (bicyclic) bond motifs is 1. The van der Waals surface area contributed by atoms with E-state index in [0.717, 1.165) is 12.5 Å². The highest BCUT2D eigenvalue weighted by molar-refractivity contribution is 9.10. The van der Waals surface area contributed by atoms with Crippen LogP contribution in [-0.4, -0.2) is 6.54 Å². The average Bonchev–Trinajstić information content (AvgIpc) is 2.30. The maximum atomic E-state index is 3.60. The summed E-state index contributed by atoms with van der Waals surface area (Å²) in [7, 11) is 0. The number of rotatable bonds is 0. The minimum absolute atomic E-state index is 0.777. The van der Waals surface area contributed by atoms with Crippen molar-refractivity contribution in [2.45, 2.75) is 19.8 Å². The second kappa shape index (κ2) is 3.70. The largest absolute Gasteiger partial charge is 0.385 e. The third kappa shape index (κ3) is 1.88. The Bertz CT molecular complexity index is 309. The van der Waals surface area contributed by atoms with Gasteiger partial charge < -0.3 is 5.32 Å². The number of nitrogens with one attached hydrogen (secondary N) is 1. The lowest BCUT2D eigenvalue weighted by Gasteiger charge is -2.08. The molecule has 1 N–H and O–H groups in total. The zero-order valence-corrected chi connectivity index (χ0v) is 9.39. The number of anilines is 1. The molecule has 1 aromatic rings. The van der Waals surface area contributed by atoms with Gasteiger partial charge in [-0.3, -0.25) is 0 Å². The van der Waals surface area contributed by atoms with Crippen LogP contribution in [0.15, 0.2) is 22.7 Å². The molecule has 1 aromatic carbocycles. The van der Waals surface area contributed by atoms with Crippen molar-refractivity contribution >= 4 is 21.6 Å². The van der Waals surface area contributed by atoms with E-state index >= 15 is 0 Å². The molecule has 1 aliphatic heterocycles. The minimum Gasteiger partial charge on any atom is -0.385 e. The highest BCUT2D eigenvalue weighted by atomic mass is 79.9. The van der Waals surface area contributed by atoms with Gasteiger partial charge in [0, 0.05) is 16.7 Å². The molecule has 0 bridgehead atoms. The van der Waals surface area contributed by atoms with Crippen LogP contribution in [0.5, 0.6) is 0 Å². The highest BCUT2D eigenvalue weighted by Crippen LogP contribution is 2.29. The number of benzene rings is 1. The molecule has 0 aromatic heterocycles. The van der Waals surface area contributed by atoms with Gasteiger partial charge in [0.2, 0.25) is 0 Å². The number of halogens is 1. The van der Waals surface area contributed by atoms with Gasteiger partial charge in [-0.2, -0.15) is 0 Å². The van der Waals surface area contributed by atoms with Crippen LogP contribution in [-0.2, 0) is 6.42 Å². The van der Waals surface area contributed by atoms with Gasteiger partial charge in [0.1, 0.15) is 0 Å². The van der Waals surface area contributed by atoms with E-state index in [9.17, 15) is 0 Å². The summed E-state index contributed by atoms with van der Waals surface area (Å²) in [5.41, 5.74) is 2.74. The zero-order chi connectivity index (χ0) is 9.26. The zero-order valence-electron chi connectivity index (χ0n) is 7.81. The first kappa shape index (κ1) is 9.07. The standard InChI is InChI=1S/C11H14BrN/c1-8-5-6-9-10(12)3-2-4-11(9)13-7-8/h2-4,8,13H,5-7H2,1H3. The van der Waals surface area contributed by atoms with Crippen LogP contribution in [0.4, 0.5) is 5.69 Å². The Morgan fingerprint density at radius 2 is 2.31 bits per heavy atom. The molecule has 1 heterocycles. The van der Waals surface area contributed by atoms with Crippen molar-refractivity contribution < 1.29 is 0 Å². The smallest absolute Gasteiger partial charge is 0.0384 e. The Morgan fingerprint density at radius 1 is 1.46 bits per heavy atom. The van der Waals surface area contributed by atoms with Gasteiger partial charge in [-0.25, -0.2) is 0 Å². The monoisotopic (exact) mass is 239 g/mol.